The lowest BCUT2D eigenvalue weighted by atomic mass is 10.0. The molecule has 0 saturated carbocycles. The topological polar surface area (TPSA) is 62.3 Å². The Balaban J connectivity index is 1.55. The van der Waals surface area contributed by atoms with Gasteiger partial charge < -0.3 is 10.2 Å². The largest absolute Gasteiger partial charge is 0.334 e. The second-order valence-electron chi connectivity index (χ2n) is 6.77. The van der Waals surface area contributed by atoms with Crippen LogP contribution in [0.3, 0.4) is 0 Å². The number of amides is 2. The number of halogens is 2. The summed E-state index contributed by atoms with van der Waals surface area (Å²) in [6.07, 6.45) is 2.23. The van der Waals surface area contributed by atoms with Gasteiger partial charge in [-0.3, -0.25) is 9.59 Å². The Morgan fingerprint density at radius 2 is 2.07 bits per heavy atom. The van der Waals surface area contributed by atoms with Gasteiger partial charge in [-0.2, -0.15) is 0 Å². The summed E-state index contributed by atoms with van der Waals surface area (Å²) in [5.41, 5.74) is 3.37. The molecule has 0 radical (unpaired) electrons. The number of benzene rings is 1. The maximum absolute atomic E-state index is 13.1. The van der Waals surface area contributed by atoms with Crippen LogP contribution in [0.1, 0.15) is 36.7 Å². The first-order valence-corrected chi connectivity index (χ1v) is 10.6. The number of carbonyl (C=O) groups excluding carboxylic acids is 2. The summed E-state index contributed by atoms with van der Waals surface area (Å²) in [6, 6.07) is 8.86. The molecule has 0 atom stereocenters. The number of carbonyl (C=O) groups is 2. The quantitative estimate of drug-likeness (QED) is 0.562. The number of hydrogen-bond acceptors (Lipinski definition) is 4. The summed E-state index contributed by atoms with van der Waals surface area (Å²) in [5.74, 6) is -0.406. The van der Waals surface area contributed by atoms with E-state index in [-0.39, 0.29) is 27.6 Å². The number of rotatable bonds is 3. The van der Waals surface area contributed by atoms with Crippen molar-refractivity contribution in [3.05, 3.63) is 79.2 Å². The van der Waals surface area contributed by atoms with E-state index in [1.807, 2.05) is 11.8 Å². The standard InChI is InChI=1S/C21H17Cl2N3O2S/c1-12-15(21(28)26-7-5-18-13(11-26)6-8-29-18)3-2-4-17(12)25-20(27)14-9-16(22)19(23)24-10-14/h2-4,6,8-10H,5,7,11H2,1H3,(H,25,27). The van der Waals surface area contributed by atoms with Crippen molar-refractivity contribution in [2.45, 2.75) is 19.9 Å². The molecule has 0 saturated heterocycles. The molecule has 0 aliphatic carbocycles. The third-order valence-corrected chi connectivity index (χ3v) is 6.67. The lowest BCUT2D eigenvalue weighted by molar-refractivity contribution is 0.0735. The van der Waals surface area contributed by atoms with Crippen molar-refractivity contribution >= 4 is 52.0 Å². The van der Waals surface area contributed by atoms with Crippen molar-refractivity contribution in [3.8, 4) is 0 Å². The van der Waals surface area contributed by atoms with Crippen molar-refractivity contribution in [2.75, 3.05) is 11.9 Å². The van der Waals surface area contributed by atoms with E-state index in [1.54, 1.807) is 29.5 Å². The minimum Gasteiger partial charge on any atom is -0.334 e. The zero-order valence-electron chi connectivity index (χ0n) is 15.5. The van der Waals surface area contributed by atoms with Crippen LogP contribution in [-0.2, 0) is 13.0 Å². The molecule has 1 aromatic carbocycles. The Bertz CT molecular complexity index is 1110. The predicted octanol–water partition coefficient (Wildman–Crippen LogP) is 5.21. The number of pyridine rings is 1. The Morgan fingerprint density at radius 3 is 2.86 bits per heavy atom. The van der Waals surface area contributed by atoms with Crippen molar-refractivity contribution in [2.24, 2.45) is 0 Å². The monoisotopic (exact) mass is 445 g/mol. The second kappa shape index (κ2) is 8.14. The zero-order valence-corrected chi connectivity index (χ0v) is 17.9. The van der Waals surface area contributed by atoms with Crippen molar-refractivity contribution in [1.29, 1.82) is 0 Å². The van der Waals surface area contributed by atoms with Crippen LogP contribution in [0.25, 0.3) is 0 Å². The predicted molar refractivity (Wildman–Crippen MR) is 116 cm³/mol. The maximum atomic E-state index is 13.1. The van der Waals surface area contributed by atoms with Gasteiger partial charge in [-0.1, -0.05) is 29.3 Å². The third-order valence-electron chi connectivity index (χ3n) is 4.97. The molecule has 1 aliphatic heterocycles. The molecule has 0 spiro atoms. The van der Waals surface area contributed by atoms with Gasteiger partial charge in [-0.05, 0) is 54.1 Å². The molecular formula is C21H17Cl2N3O2S. The van der Waals surface area contributed by atoms with Crippen LogP contribution in [0.2, 0.25) is 10.2 Å². The molecule has 0 unspecified atom stereocenters. The molecule has 0 fully saturated rings. The average molecular weight is 446 g/mol. The number of fused-ring (bicyclic) bond motifs is 1. The van der Waals surface area contributed by atoms with Gasteiger partial charge in [-0.25, -0.2) is 4.98 Å². The molecule has 29 heavy (non-hydrogen) atoms. The number of aromatic nitrogens is 1. The van der Waals surface area contributed by atoms with Gasteiger partial charge in [0.2, 0.25) is 0 Å². The highest BCUT2D eigenvalue weighted by Gasteiger charge is 2.24. The summed E-state index contributed by atoms with van der Waals surface area (Å²) in [7, 11) is 0. The summed E-state index contributed by atoms with van der Waals surface area (Å²) < 4.78 is 0. The minimum atomic E-state index is -0.371. The molecule has 1 aliphatic rings. The van der Waals surface area contributed by atoms with E-state index in [9.17, 15) is 9.59 Å². The molecule has 2 aromatic heterocycles. The van der Waals surface area contributed by atoms with Crippen LogP contribution in [0, 0.1) is 6.92 Å². The Labute approximate surface area is 182 Å². The number of hydrogen-bond donors (Lipinski definition) is 1. The second-order valence-corrected chi connectivity index (χ2v) is 8.54. The molecule has 5 nitrogen and oxygen atoms in total. The van der Waals surface area contributed by atoms with Gasteiger partial charge in [-0.15, -0.1) is 11.3 Å². The van der Waals surface area contributed by atoms with Crippen molar-refractivity contribution < 1.29 is 9.59 Å². The first kappa shape index (κ1) is 19.9. The fraction of sp³-hybridized carbons (Fsp3) is 0.190. The molecule has 8 heteroatoms. The van der Waals surface area contributed by atoms with Crippen LogP contribution in [-0.4, -0.2) is 28.2 Å². The van der Waals surface area contributed by atoms with Crippen LogP contribution < -0.4 is 5.32 Å². The van der Waals surface area contributed by atoms with Crippen LogP contribution in [0.5, 0.6) is 0 Å². The number of nitrogens with one attached hydrogen (secondary N) is 1. The number of nitrogens with zero attached hydrogens (tertiary/aromatic N) is 2. The van der Waals surface area contributed by atoms with Crippen molar-refractivity contribution in [3.63, 3.8) is 0 Å². The van der Waals surface area contributed by atoms with Crippen LogP contribution in [0.15, 0.2) is 41.9 Å². The zero-order chi connectivity index (χ0) is 20.5. The fourth-order valence-corrected chi connectivity index (χ4v) is 4.49. The fourth-order valence-electron chi connectivity index (χ4n) is 3.33. The summed E-state index contributed by atoms with van der Waals surface area (Å²) >= 11 is 13.5. The highest BCUT2D eigenvalue weighted by Crippen LogP contribution is 2.27. The number of anilines is 1. The third kappa shape index (κ3) is 4.01. The first-order valence-electron chi connectivity index (χ1n) is 9.00. The van der Waals surface area contributed by atoms with E-state index in [0.29, 0.717) is 24.3 Å². The molecule has 148 valence electrons. The molecule has 4 rings (SSSR count). The van der Waals surface area contributed by atoms with E-state index in [2.05, 4.69) is 21.7 Å². The minimum absolute atomic E-state index is 0.0355. The van der Waals surface area contributed by atoms with Crippen LogP contribution in [0.4, 0.5) is 5.69 Å². The van der Waals surface area contributed by atoms with E-state index >= 15 is 0 Å². The highest BCUT2D eigenvalue weighted by molar-refractivity contribution is 7.10. The van der Waals surface area contributed by atoms with E-state index < -0.39 is 0 Å². The van der Waals surface area contributed by atoms with Crippen molar-refractivity contribution in [1.82, 2.24) is 9.88 Å². The smallest absolute Gasteiger partial charge is 0.257 e. The molecule has 3 heterocycles. The average Bonchev–Trinajstić information content (AvgIpc) is 3.19. The van der Waals surface area contributed by atoms with Gasteiger partial charge in [0, 0.05) is 35.4 Å². The van der Waals surface area contributed by atoms with E-state index in [4.69, 9.17) is 23.2 Å². The summed E-state index contributed by atoms with van der Waals surface area (Å²) in [6.45, 7) is 3.13. The SMILES string of the molecule is Cc1c(NC(=O)c2cnc(Cl)c(Cl)c2)cccc1C(=O)N1CCc2sccc2C1. The normalized spacial score (nSPS) is 13.1. The highest BCUT2D eigenvalue weighted by atomic mass is 35.5. The summed E-state index contributed by atoms with van der Waals surface area (Å²) in [4.78, 5) is 32.8. The van der Waals surface area contributed by atoms with E-state index in [0.717, 1.165) is 12.0 Å². The molecule has 0 bridgehead atoms. The van der Waals surface area contributed by atoms with Gasteiger partial charge >= 0.3 is 0 Å². The molecular weight excluding hydrogens is 429 g/mol. The lowest BCUT2D eigenvalue weighted by Crippen LogP contribution is -2.35. The molecule has 3 aromatic rings. The van der Waals surface area contributed by atoms with Gasteiger partial charge in [0.1, 0.15) is 5.15 Å². The number of thiophene rings is 1. The van der Waals surface area contributed by atoms with Gasteiger partial charge in [0.05, 0.1) is 10.6 Å². The Hall–Kier alpha value is -2.41. The van der Waals surface area contributed by atoms with Crippen LogP contribution >= 0.6 is 34.5 Å². The lowest BCUT2D eigenvalue weighted by Gasteiger charge is -2.28. The van der Waals surface area contributed by atoms with Gasteiger partial charge in [0.15, 0.2) is 0 Å². The first-order chi connectivity index (χ1) is 13.9. The summed E-state index contributed by atoms with van der Waals surface area (Å²) in [5, 5.41) is 5.25. The van der Waals surface area contributed by atoms with E-state index in [1.165, 1.54) is 22.7 Å². The molecule has 2 amide bonds. The Morgan fingerprint density at radius 1 is 1.24 bits per heavy atom. The Kier molecular flexibility index (Phi) is 5.58. The molecule has 1 N–H and O–H groups in total. The maximum Gasteiger partial charge on any atom is 0.257 e. The van der Waals surface area contributed by atoms with Gasteiger partial charge in [0.25, 0.3) is 11.8 Å².